The van der Waals surface area contributed by atoms with Gasteiger partial charge >= 0.3 is 0 Å². The maximum Gasteiger partial charge on any atom is 0.295 e. The van der Waals surface area contributed by atoms with Crippen LogP contribution in [-0.2, 0) is 4.79 Å². The van der Waals surface area contributed by atoms with Crippen molar-refractivity contribution in [3.05, 3.63) is 0 Å². The largest absolute Gasteiger partial charge is 0.342 e. The van der Waals surface area contributed by atoms with E-state index in [1.807, 2.05) is 12.8 Å². The average molecular weight is 149 g/mol. The van der Waals surface area contributed by atoms with Crippen LogP contribution in [0.5, 0.6) is 0 Å². The van der Waals surface area contributed by atoms with E-state index in [0.29, 0.717) is 6.42 Å². The Balaban J connectivity index is 3.82. The summed E-state index contributed by atoms with van der Waals surface area (Å²) in [4.78, 5) is 10.6. The van der Waals surface area contributed by atoms with Crippen molar-refractivity contribution in [2.24, 2.45) is 0 Å². The maximum atomic E-state index is 10.6. The van der Waals surface area contributed by atoms with Gasteiger partial charge in [0.25, 0.3) is 5.91 Å². The molecule has 1 unspecified atom stereocenters. The highest BCUT2D eigenvalue weighted by Gasteiger charge is 2.05. The lowest BCUT2D eigenvalue weighted by Gasteiger charge is -2.10. The third-order valence-electron chi connectivity index (χ3n) is 1.32. The fourth-order valence-corrected chi connectivity index (χ4v) is 0.667. The molecule has 0 saturated carbocycles. The smallest absolute Gasteiger partial charge is 0.295 e. The van der Waals surface area contributed by atoms with Crippen molar-refractivity contribution in [3.63, 3.8) is 0 Å². The van der Waals surface area contributed by atoms with Gasteiger partial charge in [-0.2, -0.15) is 0 Å². The number of amides is 1. The van der Waals surface area contributed by atoms with Crippen LogP contribution in [0.1, 0.15) is 19.8 Å². The van der Waals surface area contributed by atoms with Crippen molar-refractivity contribution >= 4 is 5.91 Å². The van der Waals surface area contributed by atoms with Gasteiger partial charge in [0.1, 0.15) is 0 Å². The van der Waals surface area contributed by atoms with E-state index in [1.54, 1.807) is 0 Å². The molecule has 0 fully saturated rings. The Hall–Kier alpha value is -1.41. The zero-order chi connectivity index (χ0) is 8.69. The molecule has 0 aromatic rings. The second-order valence-corrected chi connectivity index (χ2v) is 2.13. The second kappa shape index (κ2) is 5.38. The molecule has 0 saturated heterocycles. The molecular weight excluding hydrogens is 138 g/mol. The summed E-state index contributed by atoms with van der Waals surface area (Å²) in [5.74, 6) is 4.04. The molecule has 0 bridgehead atoms. The van der Waals surface area contributed by atoms with Gasteiger partial charge in [0, 0.05) is 12.5 Å². The standard InChI is InChI=1S/C9H11NO/c1-4-7-8(5-2)10-9(11)6-3/h1,3,8H,5,7H2,2H3,(H,10,11). The summed E-state index contributed by atoms with van der Waals surface area (Å²) in [5.41, 5.74) is 0. The molecule has 0 aliphatic rings. The quantitative estimate of drug-likeness (QED) is 0.583. The van der Waals surface area contributed by atoms with E-state index >= 15 is 0 Å². The molecule has 2 nitrogen and oxygen atoms in total. The van der Waals surface area contributed by atoms with E-state index in [1.165, 1.54) is 0 Å². The second-order valence-electron chi connectivity index (χ2n) is 2.13. The van der Waals surface area contributed by atoms with Crippen molar-refractivity contribution in [3.8, 4) is 24.7 Å². The molecule has 1 atom stereocenters. The molecule has 0 aromatic heterocycles. The lowest BCUT2D eigenvalue weighted by atomic mass is 10.1. The molecule has 1 N–H and O–H groups in total. The lowest BCUT2D eigenvalue weighted by molar-refractivity contribution is -0.116. The first kappa shape index (κ1) is 9.59. The molecule has 2 heteroatoms. The van der Waals surface area contributed by atoms with E-state index in [0.717, 1.165) is 6.42 Å². The van der Waals surface area contributed by atoms with Crippen LogP contribution in [-0.4, -0.2) is 11.9 Å². The van der Waals surface area contributed by atoms with Crippen molar-refractivity contribution in [1.29, 1.82) is 0 Å². The molecular formula is C9H11NO. The average Bonchev–Trinajstić information content (AvgIpc) is 2.03. The van der Waals surface area contributed by atoms with Crippen LogP contribution in [0.4, 0.5) is 0 Å². The van der Waals surface area contributed by atoms with Gasteiger partial charge in [-0.15, -0.1) is 18.8 Å². The van der Waals surface area contributed by atoms with Gasteiger partial charge in [-0.1, -0.05) is 6.92 Å². The molecule has 58 valence electrons. The molecule has 0 aliphatic heterocycles. The van der Waals surface area contributed by atoms with Gasteiger partial charge in [0.05, 0.1) is 0 Å². The molecule has 11 heavy (non-hydrogen) atoms. The van der Waals surface area contributed by atoms with Crippen LogP contribution in [0.15, 0.2) is 0 Å². The van der Waals surface area contributed by atoms with Crippen LogP contribution in [0.25, 0.3) is 0 Å². The third-order valence-corrected chi connectivity index (χ3v) is 1.32. The third kappa shape index (κ3) is 4.06. The summed E-state index contributed by atoms with van der Waals surface area (Å²) < 4.78 is 0. The number of rotatable bonds is 3. The summed E-state index contributed by atoms with van der Waals surface area (Å²) in [5, 5.41) is 2.60. The number of carbonyl (C=O) groups excluding carboxylic acids is 1. The van der Waals surface area contributed by atoms with Gasteiger partial charge in [-0.25, -0.2) is 0 Å². The Labute approximate surface area is 67.4 Å². The summed E-state index contributed by atoms with van der Waals surface area (Å²) >= 11 is 0. The minimum absolute atomic E-state index is 0.0172. The van der Waals surface area contributed by atoms with Gasteiger partial charge in [0.15, 0.2) is 0 Å². The van der Waals surface area contributed by atoms with E-state index in [2.05, 4.69) is 11.2 Å². The molecule has 0 aromatic carbocycles. The van der Waals surface area contributed by atoms with E-state index in [4.69, 9.17) is 12.8 Å². The van der Waals surface area contributed by atoms with E-state index in [-0.39, 0.29) is 6.04 Å². The minimum atomic E-state index is -0.396. The summed E-state index contributed by atoms with van der Waals surface area (Å²) in [6.07, 6.45) is 11.3. The highest BCUT2D eigenvalue weighted by Crippen LogP contribution is 1.94. The number of hydrogen-bond donors (Lipinski definition) is 1. The first-order valence-corrected chi connectivity index (χ1v) is 3.45. The van der Waals surface area contributed by atoms with Crippen molar-refractivity contribution in [2.75, 3.05) is 0 Å². The Kier molecular flexibility index (Phi) is 4.69. The zero-order valence-corrected chi connectivity index (χ0v) is 6.55. The number of nitrogens with one attached hydrogen (secondary N) is 1. The normalized spacial score (nSPS) is 10.8. The van der Waals surface area contributed by atoms with Gasteiger partial charge < -0.3 is 5.32 Å². The van der Waals surface area contributed by atoms with E-state index < -0.39 is 5.91 Å². The molecule has 1 amide bonds. The highest BCUT2D eigenvalue weighted by molar-refractivity contribution is 5.93. The van der Waals surface area contributed by atoms with E-state index in [9.17, 15) is 4.79 Å². The lowest BCUT2D eigenvalue weighted by Crippen LogP contribution is -2.32. The molecule has 0 spiro atoms. The summed E-state index contributed by atoms with van der Waals surface area (Å²) in [6.45, 7) is 1.94. The SMILES string of the molecule is C#CCC(CC)NC(=O)C#C. The van der Waals surface area contributed by atoms with Crippen LogP contribution >= 0.6 is 0 Å². The van der Waals surface area contributed by atoms with Crippen molar-refractivity contribution in [1.82, 2.24) is 5.32 Å². The molecule has 0 aliphatic carbocycles. The van der Waals surface area contributed by atoms with Crippen molar-refractivity contribution in [2.45, 2.75) is 25.8 Å². The van der Waals surface area contributed by atoms with Gasteiger partial charge in [0.2, 0.25) is 0 Å². The molecule has 0 rings (SSSR count). The fraction of sp³-hybridized carbons (Fsp3) is 0.444. The Morgan fingerprint density at radius 2 is 2.27 bits per heavy atom. The van der Waals surface area contributed by atoms with Crippen LogP contribution in [0, 0.1) is 24.7 Å². The predicted molar refractivity (Wildman–Crippen MR) is 44.5 cm³/mol. The first-order valence-electron chi connectivity index (χ1n) is 3.45. The van der Waals surface area contributed by atoms with Crippen LogP contribution < -0.4 is 5.32 Å². The van der Waals surface area contributed by atoms with Crippen LogP contribution in [0.2, 0.25) is 0 Å². The first-order chi connectivity index (χ1) is 5.24. The maximum absolute atomic E-state index is 10.6. The van der Waals surface area contributed by atoms with Gasteiger partial charge in [-0.05, 0) is 12.3 Å². The fourth-order valence-electron chi connectivity index (χ4n) is 0.667. The number of terminal acetylenes is 2. The molecule has 0 heterocycles. The Bertz CT molecular complexity index is 207. The summed E-state index contributed by atoms with van der Waals surface area (Å²) in [6, 6.07) is 0.0172. The Morgan fingerprint density at radius 3 is 2.64 bits per heavy atom. The van der Waals surface area contributed by atoms with Crippen molar-refractivity contribution < 1.29 is 4.79 Å². The minimum Gasteiger partial charge on any atom is -0.342 e. The zero-order valence-electron chi connectivity index (χ0n) is 6.55. The Morgan fingerprint density at radius 1 is 1.64 bits per heavy atom. The number of carbonyl (C=O) groups is 1. The topological polar surface area (TPSA) is 29.1 Å². The van der Waals surface area contributed by atoms with Crippen LogP contribution in [0.3, 0.4) is 0 Å². The predicted octanol–water partition coefficient (Wildman–Crippen LogP) is 0.538. The number of hydrogen-bond acceptors (Lipinski definition) is 1. The summed E-state index contributed by atoms with van der Waals surface area (Å²) in [7, 11) is 0. The molecule has 0 radical (unpaired) electrons. The van der Waals surface area contributed by atoms with Gasteiger partial charge in [-0.3, -0.25) is 4.79 Å². The monoisotopic (exact) mass is 149 g/mol. The highest BCUT2D eigenvalue weighted by atomic mass is 16.1.